The molecule has 8 heteroatoms. The van der Waals surface area contributed by atoms with Crippen LogP contribution >= 0.6 is 0 Å². The van der Waals surface area contributed by atoms with E-state index >= 15 is 0 Å². The number of nitrogens with one attached hydrogen (secondary N) is 1. The molecule has 0 saturated carbocycles. The summed E-state index contributed by atoms with van der Waals surface area (Å²) in [6.07, 6.45) is 7.51. The maximum atomic E-state index is 12.0. The molecule has 0 aromatic carbocycles. The van der Waals surface area contributed by atoms with Gasteiger partial charge in [-0.05, 0) is 38.5 Å². The molecule has 1 N–H and O–H groups in total. The van der Waals surface area contributed by atoms with Gasteiger partial charge in [-0.15, -0.1) is 0 Å². The first-order chi connectivity index (χ1) is 13.3. The van der Waals surface area contributed by atoms with E-state index < -0.39 is 5.60 Å². The largest absolute Gasteiger partial charge is 0.444 e. The minimum absolute atomic E-state index is 0.203. The van der Waals surface area contributed by atoms with Gasteiger partial charge in [0.25, 0.3) is 0 Å². The summed E-state index contributed by atoms with van der Waals surface area (Å²) >= 11 is 0. The molecule has 0 bridgehead atoms. The predicted octanol–water partition coefficient (Wildman–Crippen LogP) is 2.61. The Hall–Kier alpha value is -2.90. The van der Waals surface area contributed by atoms with E-state index in [9.17, 15) is 9.59 Å². The average molecular weight is 388 g/mol. The Morgan fingerprint density at radius 3 is 2.71 bits per heavy atom. The first kappa shape index (κ1) is 21.4. The lowest BCUT2D eigenvalue weighted by Gasteiger charge is -2.30. The Morgan fingerprint density at radius 1 is 1.32 bits per heavy atom. The lowest BCUT2D eigenvalue weighted by atomic mass is 10.1. The second-order valence-electron chi connectivity index (χ2n) is 7.37. The Labute approximate surface area is 165 Å². The number of oxime groups is 1. The van der Waals surface area contributed by atoms with Gasteiger partial charge >= 0.3 is 6.09 Å². The van der Waals surface area contributed by atoms with Crippen LogP contribution in [-0.2, 0) is 14.4 Å². The molecular formula is C20H28N4O4. The minimum atomic E-state index is -0.494. The second kappa shape index (κ2) is 10.4. The molecule has 1 aliphatic heterocycles. The number of rotatable bonds is 6. The van der Waals surface area contributed by atoms with E-state index in [2.05, 4.69) is 15.5 Å². The molecule has 0 unspecified atom stereocenters. The summed E-state index contributed by atoms with van der Waals surface area (Å²) in [4.78, 5) is 34.7. The summed E-state index contributed by atoms with van der Waals surface area (Å²) < 4.78 is 5.36. The molecule has 1 aliphatic rings. The van der Waals surface area contributed by atoms with E-state index in [1.165, 1.54) is 6.08 Å². The SMILES string of the molecule is CC(C)(C)OC(=O)N1CCC(=NOCCNC(=O)/C=C/c2cccnc2)CC1. The number of pyridine rings is 1. The molecule has 152 valence electrons. The highest BCUT2D eigenvalue weighted by molar-refractivity contribution is 5.91. The van der Waals surface area contributed by atoms with Crippen LogP contribution in [0.4, 0.5) is 4.79 Å². The Morgan fingerprint density at radius 2 is 2.07 bits per heavy atom. The van der Waals surface area contributed by atoms with E-state index in [1.807, 2.05) is 32.9 Å². The summed E-state index contributed by atoms with van der Waals surface area (Å²) in [5.41, 5.74) is 1.27. The van der Waals surface area contributed by atoms with Crippen LogP contribution in [0.25, 0.3) is 6.08 Å². The zero-order chi connectivity index (χ0) is 20.4. The summed E-state index contributed by atoms with van der Waals surface area (Å²) in [7, 11) is 0. The number of ether oxygens (including phenoxy) is 1. The maximum Gasteiger partial charge on any atom is 0.410 e. The van der Waals surface area contributed by atoms with Crippen molar-refractivity contribution < 1.29 is 19.2 Å². The average Bonchev–Trinajstić information content (AvgIpc) is 2.66. The van der Waals surface area contributed by atoms with Gasteiger partial charge in [-0.2, -0.15) is 0 Å². The number of likely N-dealkylation sites (tertiary alicyclic amines) is 1. The number of piperidine rings is 1. The zero-order valence-corrected chi connectivity index (χ0v) is 16.7. The minimum Gasteiger partial charge on any atom is -0.444 e. The normalized spacial score (nSPS) is 14.7. The van der Waals surface area contributed by atoms with Crippen molar-refractivity contribution in [3.63, 3.8) is 0 Å². The molecule has 0 atom stereocenters. The van der Waals surface area contributed by atoms with Crippen molar-refractivity contribution in [2.75, 3.05) is 26.2 Å². The highest BCUT2D eigenvalue weighted by atomic mass is 16.6. The van der Waals surface area contributed by atoms with E-state index in [4.69, 9.17) is 9.57 Å². The summed E-state index contributed by atoms with van der Waals surface area (Å²) in [6, 6.07) is 3.67. The number of hydrogen-bond acceptors (Lipinski definition) is 6. The van der Waals surface area contributed by atoms with Gasteiger partial charge in [-0.3, -0.25) is 9.78 Å². The van der Waals surface area contributed by atoms with Crippen molar-refractivity contribution in [1.29, 1.82) is 0 Å². The van der Waals surface area contributed by atoms with Crippen molar-refractivity contribution in [3.8, 4) is 0 Å². The number of hydrogen-bond donors (Lipinski definition) is 1. The van der Waals surface area contributed by atoms with Crippen LogP contribution in [0.3, 0.4) is 0 Å². The van der Waals surface area contributed by atoms with Gasteiger partial charge in [0, 0.05) is 44.4 Å². The molecule has 2 amide bonds. The van der Waals surface area contributed by atoms with E-state index in [0.717, 1.165) is 11.3 Å². The van der Waals surface area contributed by atoms with Gasteiger partial charge in [-0.25, -0.2) is 4.79 Å². The van der Waals surface area contributed by atoms with Crippen LogP contribution in [0.15, 0.2) is 35.8 Å². The maximum absolute atomic E-state index is 12.0. The Bertz CT molecular complexity index is 701. The first-order valence-electron chi connectivity index (χ1n) is 9.35. The molecule has 1 aromatic heterocycles. The number of amides is 2. The smallest absolute Gasteiger partial charge is 0.410 e. The van der Waals surface area contributed by atoms with Crippen LogP contribution < -0.4 is 5.32 Å². The van der Waals surface area contributed by atoms with Gasteiger partial charge in [0.05, 0.1) is 12.3 Å². The van der Waals surface area contributed by atoms with Gasteiger partial charge in [0.1, 0.15) is 12.2 Å². The van der Waals surface area contributed by atoms with Crippen molar-refractivity contribution in [1.82, 2.24) is 15.2 Å². The molecule has 0 radical (unpaired) electrons. The fraction of sp³-hybridized carbons (Fsp3) is 0.500. The van der Waals surface area contributed by atoms with E-state index in [0.29, 0.717) is 32.5 Å². The number of aromatic nitrogens is 1. The lowest BCUT2D eigenvalue weighted by molar-refractivity contribution is -0.116. The molecule has 2 heterocycles. The van der Waals surface area contributed by atoms with E-state index in [1.54, 1.807) is 23.4 Å². The second-order valence-corrected chi connectivity index (χ2v) is 7.37. The monoisotopic (exact) mass is 388 g/mol. The molecule has 0 spiro atoms. The highest BCUT2D eigenvalue weighted by Gasteiger charge is 2.25. The van der Waals surface area contributed by atoms with Crippen molar-refractivity contribution >= 4 is 23.8 Å². The first-order valence-corrected chi connectivity index (χ1v) is 9.35. The summed E-state index contributed by atoms with van der Waals surface area (Å²) in [6.45, 7) is 7.32. The molecule has 2 rings (SSSR count). The van der Waals surface area contributed by atoms with E-state index in [-0.39, 0.29) is 18.6 Å². The number of carbonyl (C=O) groups excluding carboxylic acids is 2. The van der Waals surface area contributed by atoms with Gasteiger partial charge < -0.3 is 19.8 Å². The summed E-state index contributed by atoms with van der Waals surface area (Å²) in [5, 5.41) is 6.83. The van der Waals surface area contributed by atoms with Crippen molar-refractivity contribution in [2.24, 2.45) is 5.16 Å². The molecule has 0 aliphatic carbocycles. The van der Waals surface area contributed by atoms with Crippen LogP contribution in [0.1, 0.15) is 39.2 Å². The molecule has 1 fully saturated rings. The zero-order valence-electron chi connectivity index (χ0n) is 16.7. The van der Waals surface area contributed by atoms with Gasteiger partial charge in [0.2, 0.25) is 5.91 Å². The molecule has 28 heavy (non-hydrogen) atoms. The highest BCUT2D eigenvalue weighted by Crippen LogP contribution is 2.14. The Kier molecular flexibility index (Phi) is 7.98. The Balaban J connectivity index is 1.60. The quantitative estimate of drug-likeness (QED) is 0.459. The lowest BCUT2D eigenvalue weighted by Crippen LogP contribution is -2.41. The fourth-order valence-electron chi connectivity index (χ4n) is 2.43. The third-order valence-corrected chi connectivity index (χ3v) is 3.79. The third kappa shape index (κ3) is 8.20. The molecule has 1 aromatic rings. The number of carbonyl (C=O) groups is 2. The van der Waals surface area contributed by atoms with Crippen LogP contribution in [0.5, 0.6) is 0 Å². The van der Waals surface area contributed by atoms with Crippen LogP contribution in [-0.4, -0.2) is 59.4 Å². The fourth-order valence-corrected chi connectivity index (χ4v) is 2.43. The van der Waals surface area contributed by atoms with Crippen molar-refractivity contribution in [3.05, 3.63) is 36.2 Å². The molecule has 1 saturated heterocycles. The van der Waals surface area contributed by atoms with Crippen LogP contribution in [0.2, 0.25) is 0 Å². The predicted molar refractivity (Wildman–Crippen MR) is 107 cm³/mol. The molecular weight excluding hydrogens is 360 g/mol. The number of nitrogens with zero attached hydrogens (tertiary/aromatic N) is 3. The molecule has 8 nitrogen and oxygen atoms in total. The van der Waals surface area contributed by atoms with Crippen LogP contribution in [0, 0.1) is 0 Å². The topological polar surface area (TPSA) is 93.1 Å². The van der Waals surface area contributed by atoms with Gasteiger partial charge in [0.15, 0.2) is 0 Å². The third-order valence-electron chi connectivity index (χ3n) is 3.79. The van der Waals surface area contributed by atoms with Crippen molar-refractivity contribution in [2.45, 2.75) is 39.2 Å². The van der Waals surface area contributed by atoms with Gasteiger partial charge in [-0.1, -0.05) is 11.2 Å². The summed E-state index contributed by atoms with van der Waals surface area (Å²) in [5.74, 6) is -0.203. The standard InChI is InChI=1S/C20H28N4O4/c1-20(2,3)28-19(26)24-12-8-17(9-13-24)23-27-14-11-22-18(25)7-6-16-5-4-10-21-15-16/h4-7,10,15H,8-9,11-14H2,1-3H3,(H,22,25)/b7-6+.